The van der Waals surface area contributed by atoms with Crippen molar-refractivity contribution in [2.24, 2.45) is 7.05 Å². The number of fused-ring (bicyclic) bond motifs is 1. The van der Waals surface area contributed by atoms with Gasteiger partial charge in [0.2, 0.25) is 0 Å². The second kappa shape index (κ2) is 5.76. The summed E-state index contributed by atoms with van der Waals surface area (Å²) in [6, 6.07) is 6.37. The molecule has 1 fully saturated rings. The lowest BCUT2D eigenvalue weighted by Crippen LogP contribution is -2.50. The van der Waals surface area contributed by atoms with Crippen LogP contribution in [0, 0.1) is 0 Å². The fourth-order valence-corrected chi connectivity index (χ4v) is 2.80. The Balaban J connectivity index is 1.66. The maximum absolute atomic E-state index is 12.1. The third kappa shape index (κ3) is 3.41. The highest BCUT2D eigenvalue weighted by atomic mass is 16.6. The Morgan fingerprint density at radius 2 is 1.87 bits per heavy atom. The molecule has 0 aliphatic carbocycles. The molecule has 1 aromatic heterocycles. The Kier molecular flexibility index (Phi) is 3.92. The van der Waals surface area contributed by atoms with Crippen LogP contribution in [0.25, 0.3) is 10.9 Å². The van der Waals surface area contributed by atoms with Gasteiger partial charge in [-0.15, -0.1) is 0 Å². The first-order valence-corrected chi connectivity index (χ1v) is 7.98. The molecule has 2 heterocycles. The van der Waals surface area contributed by atoms with E-state index in [0.29, 0.717) is 13.1 Å². The predicted molar refractivity (Wildman–Crippen MR) is 90.7 cm³/mol. The van der Waals surface area contributed by atoms with Crippen molar-refractivity contribution in [2.45, 2.75) is 26.4 Å². The number of anilines is 1. The van der Waals surface area contributed by atoms with Gasteiger partial charge in [-0.2, -0.15) is 5.10 Å². The molecule has 6 nitrogen and oxygen atoms in total. The van der Waals surface area contributed by atoms with E-state index in [1.165, 1.54) is 5.69 Å². The summed E-state index contributed by atoms with van der Waals surface area (Å²) < 4.78 is 7.32. The van der Waals surface area contributed by atoms with Crippen molar-refractivity contribution in [3.8, 4) is 0 Å². The van der Waals surface area contributed by atoms with E-state index < -0.39 is 5.60 Å². The molecule has 23 heavy (non-hydrogen) atoms. The third-order valence-electron chi connectivity index (χ3n) is 4.03. The molecule has 0 N–H and O–H groups in total. The molecule has 0 bridgehead atoms. The molecule has 0 atom stereocenters. The SMILES string of the molecule is Cn1ncc2ccc(N3CCN(C(=O)OC(C)(C)C)CC3)cc21. The minimum Gasteiger partial charge on any atom is -0.444 e. The maximum atomic E-state index is 12.1. The Bertz CT molecular complexity index is 709. The van der Waals surface area contributed by atoms with Crippen LogP contribution in [-0.4, -0.2) is 52.6 Å². The van der Waals surface area contributed by atoms with Crippen molar-refractivity contribution in [2.75, 3.05) is 31.1 Å². The number of amides is 1. The number of aryl methyl sites for hydroxylation is 1. The number of nitrogens with zero attached hydrogens (tertiary/aromatic N) is 4. The molecule has 3 rings (SSSR count). The zero-order chi connectivity index (χ0) is 16.6. The first-order chi connectivity index (χ1) is 10.8. The van der Waals surface area contributed by atoms with E-state index in [2.05, 4.69) is 28.2 Å². The van der Waals surface area contributed by atoms with Crippen molar-refractivity contribution < 1.29 is 9.53 Å². The fourth-order valence-electron chi connectivity index (χ4n) is 2.80. The van der Waals surface area contributed by atoms with Crippen LogP contribution in [-0.2, 0) is 11.8 Å². The normalized spacial score (nSPS) is 16.0. The van der Waals surface area contributed by atoms with Gasteiger partial charge in [0.25, 0.3) is 0 Å². The van der Waals surface area contributed by atoms with Gasteiger partial charge in [0.05, 0.1) is 11.7 Å². The van der Waals surface area contributed by atoms with Crippen molar-refractivity contribution in [1.29, 1.82) is 0 Å². The zero-order valence-electron chi connectivity index (χ0n) is 14.2. The second-order valence-electron chi connectivity index (χ2n) is 6.97. The molecule has 0 unspecified atom stereocenters. The van der Waals surface area contributed by atoms with Gasteiger partial charge in [-0.3, -0.25) is 4.68 Å². The Morgan fingerprint density at radius 3 is 2.52 bits per heavy atom. The monoisotopic (exact) mass is 316 g/mol. The summed E-state index contributed by atoms with van der Waals surface area (Å²) in [6.45, 7) is 8.65. The van der Waals surface area contributed by atoms with Gasteiger partial charge in [0, 0.05) is 44.3 Å². The van der Waals surface area contributed by atoms with E-state index in [9.17, 15) is 4.79 Å². The standard InChI is InChI=1S/C17H24N4O2/c1-17(2,3)23-16(22)21-9-7-20(8-10-21)14-6-5-13-12-18-19(4)15(13)11-14/h5-6,11-12H,7-10H2,1-4H3. The Morgan fingerprint density at radius 1 is 1.17 bits per heavy atom. The zero-order valence-corrected chi connectivity index (χ0v) is 14.2. The van der Waals surface area contributed by atoms with Crippen molar-refractivity contribution in [1.82, 2.24) is 14.7 Å². The van der Waals surface area contributed by atoms with E-state index in [1.54, 1.807) is 4.90 Å². The van der Waals surface area contributed by atoms with Crippen LogP contribution in [0.1, 0.15) is 20.8 Å². The third-order valence-corrected chi connectivity index (χ3v) is 4.03. The van der Waals surface area contributed by atoms with Crippen LogP contribution in [0.15, 0.2) is 24.4 Å². The molecule has 1 aromatic carbocycles. The highest BCUT2D eigenvalue weighted by Gasteiger charge is 2.26. The highest BCUT2D eigenvalue weighted by molar-refractivity contribution is 5.82. The van der Waals surface area contributed by atoms with Crippen LogP contribution in [0.3, 0.4) is 0 Å². The summed E-state index contributed by atoms with van der Waals surface area (Å²) in [4.78, 5) is 16.2. The lowest BCUT2D eigenvalue weighted by Gasteiger charge is -2.36. The molecule has 6 heteroatoms. The largest absolute Gasteiger partial charge is 0.444 e. The van der Waals surface area contributed by atoms with E-state index in [4.69, 9.17) is 4.74 Å². The van der Waals surface area contributed by atoms with Crippen molar-refractivity contribution in [3.05, 3.63) is 24.4 Å². The van der Waals surface area contributed by atoms with Gasteiger partial charge in [-0.1, -0.05) is 0 Å². The van der Waals surface area contributed by atoms with Crippen LogP contribution in [0.2, 0.25) is 0 Å². The van der Waals surface area contributed by atoms with E-state index in [-0.39, 0.29) is 6.09 Å². The minimum atomic E-state index is -0.446. The number of benzene rings is 1. The van der Waals surface area contributed by atoms with Crippen LogP contribution < -0.4 is 4.90 Å². The topological polar surface area (TPSA) is 50.6 Å². The van der Waals surface area contributed by atoms with Gasteiger partial charge in [0.1, 0.15) is 5.60 Å². The van der Waals surface area contributed by atoms with Gasteiger partial charge < -0.3 is 14.5 Å². The molecule has 2 aromatic rings. The summed E-state index contributed by atoms with van der Waals surface area (Å²) in [5, 5.41) is 5.42. The summed E-state index contributed by atoms with van der Waals surface area (Å²) in [5.41, 5.74) is 1.85. The van der Waals surface area contributed by atoms with Crippen LogP contribution >= 0.6 is 0 Å². The molecular weight excluding hydrogens is 292 g/mol. The molecular formula is C17H24N4O2. The lowest BCUT2D eigenvalue weighted by atomic mass is 10.2. The molecule has 1 saturated heterocycles. The minimum absolute atomic E-state index is 0.223. The first kappa shape index (κ1) is 15.6. The van der Waals surface area contributed by atoms with E-state index >= 15 is 0 Å². The number of carbonyl (C=O) groups excluding carboxylic acids is 1. The number of hydrogen-bond acceptors (Lipinski definition) is 4. The Hall–Kier alpha value is -2.24. The molecule has 1 aliphatic heterocycles. The van der Waals surface area contributed by atoms with Gasteiger partial charge in [-0.05, 0) is 39.0 Å². The molecule has 1 aliphatic rings. The van der Waals surface area contributed by atoms with E-state index in [1.807, 2.05) is 38.7 Å². The van der Waals surface area contributed by atoms with E-state index in [0.717, 1.165) is 24.0 Å². The number of ether oxygens (including phenoxy) is 1. The summed E-state index contributed by atoms with van der Waals surface area (Å²) in [6.07, 6.45) is 1.65. The number of aromatic nitrogens is 2. The van der Waals surface area contributed by atoms with Gasteiger partial charge in [0.15, 0.2) is 0 Å². The van der Waals surface area contributed by atoms with Crippen LogP contribution in [0.4, 0.5) is 10.5 Å². The average Bonchev–Trinajstić information content (AvgIpc) is 2.87. The molecule has 0 saturated carbocycles. The summed E-state index contributed by atoms with van der Waals surface area (Å²) in [7, 11) is 1.95. The molecule has 124 valence electrons. The number of rotatable bonds is 1. The van der Waals surface area contributed by atoms with Gasteiger partial charge >= 0.3 is 6.09 Å². The molecule has 0 spiro atoms. The average molecular weight is 316 g/mol. The maximum Gasteiger partial charge on any atom is 0.410 e. The highest BCUT2D eigenvalue weighted by Crippen LogP contribution is 2.23. The second-order valence-corrected chi connectivity index (χ2v) is 6.97. The van der Waals surface area contributed by atoms with Crippen LogP contribution in [0.5, 0.6) is 0 Å². The molecule has 0 radical (unpaired) electrons. The summed E-state index contributed by atoms with van der Waals surface area (Å²) in [5.74, 6) is 0. The first-order valence-electron chi connectivity index (χ1n) is 7.98. The number of hydrogen-bond donors (Lipinski definition) is 0. The Labute approximate surface area is 136 Å². The smallest absolute Gasteiger partial charge is 0.410 e. The predicted octanol–water partition coefficient (Wildman–Crippen LogP) is 2.63. The van der Waals surface area contributed by atoms with Gasteiger partial charge in [-0.25, -0.2) is 4.79 Å². The lowest BCUT2D eigenvalue weighted by molar-refractivity contribution is 0.0240. The fraction of sp³-hybridized carbons (Fsp3) is 0.529. The quantitative estimate of drug-likeness (QED) is 0.811. The number of carbonyl (C=O) groups is 1. The van der Waals surface area contributed by atoms with Crippen molar-refractivity contribution >= 4 is 22.7 Å². The molecule has 1 amide bonds. The number of piperazine rings is 1. The van der Waals surface area contributed by atoms with Crippen molar-refractivity contribution in [3.63, 3.8) is 0 Å². The summed E-state index contributed by atoms with van der Waals surface area (Å²) >= 11 is 0.